The molecule has 5 nitrogen and oxygen atoms in total. The van der Waals surface area contributed by atoms with E-state index in [4.69, 9.17) is 9.72 Å². The summed E-state index contributed by atoms with van der Waals surface area (Å²) < 4.78 is 32.8. The molecular weight excluding hydrogens is 416 g/mol. The molecule has 0 radical (unpaired) electrons. The van der Waals surface area contributed by atoms with Crippen molar-refractivity contribution >= 4 is 27.0 Å². The Labute approximate surface area is 180 Å². The number of benzene rings is 3. The predicted octanol–water partition coefficient (Wildman–Crippen LogP) is 5.59. The van der Waals surface area contributed by atoms with Gasteiger partial charge in [0.2, 0.25) is 0 Å². The molecular formula is C23H20N2O3S2. The van der Waals surface area contributed by atoms with Crippen LogP contribution in [0, 0.1) is 6.92 Å². The molecule has 0 amide bonds. The van der Waals surface area contributed by atoms with Crippen LogP contribution in [0.15, 0.2) is 83.1 Å². The molecule has 0 unspecified atom stereocenters. The third kappa shape index (κ3) is 4.22. The number of nitrogens with zero attached hydrogens (tertiary/aromatic N) is 1. The zero-order chi connectivity index (χ0) is 21.1. The maximum atomic E-state index is 12.6. The fraction of sp³-hybridized carbons (Fsp3) is 0.0870. The molecule has 0 saturated heterocycles. The Kier molecular flexibility index (Phi) is 5.57. The predicted molar refractivity (Wildman–Crippen MR) is 122 cm³/mol. The molecule has 0 aliphatic heterocycles. The number of hydrogen-bond acceptors (Lipinski definition) is 5. The maximum absolute atomic E-state index is 12.6. The van der Waals surface area contributed by atoms with Crippen molar-refractivity contribution in [2.24, 2.45) is 0 Å². The number of nitrogens with one attached hydrogen (secondary N) is 1. The van der Waals surface area contributed by atoms with Gasteiger partial charge < -0.3 is 4.74 Å². The van der Waals surface area contributed by atoms with E-state index in [0.29, 0.717) is 11.4 Å². The number of anilines is 1. The summed E-state index contributed by atoms with van der Waals surface area (Å²) in [6, 6.07) is 21.6. The van der Waals surface area contributed by atoms with Gasteiger partial charge in [0, 0.05) is 22.2 Å². The van der Waals surface area contributed by atoms with Crippen molar-refractivity contribution in [2.75, 3.05) is 11.8 Å². The summed E-state index contributed by atoms with van der Waals surface area (Å²) in [5.41, 5.74) is 4.59. The van der Waals surface area contributed by atoms with E-state index in [1.807, 2.05) is 29.6 Å². The van der Waals surface area contributed by atoms with Crippen LogP contribution in [-0.4, -0.2) is 20.5 Å². The number of rotatable bonds is 6. The van der Waals surface area contributed by atoms with E-state index < -0.39 is 10.0 Å². The Morgan fingerprint density at radius 2 is 1.63 bits per heavy atom. The number of ether oxygens (including phenoxy) is 1. The van der Waals surface area contributed by atoms with E-state index >= 15 is 0 Å². The van der Waals surface area contributed by atoms with Crippen LogP contribution in [0.4, 0.5) is 5.69 Å². The summed E-state index contributed by atoms with van der Waals surface area (Å²) in [7, 11) is -2.13. The Bertz CT molecular complexity index is 1260. The maximum Gasteiger partial charge on any atom is 0.261 e. The molecule has 1 aromatic heterocycles. The number of hydrogen-bond donors (Lipinski definition) is 1. The van der Waals surface area contributed by atoms with Crippen LogP contribution in [0.1, 0.15) is 5.56 Å². The van der Waals surface area contributed by atoms with Crippen LogP contribution in [0.25, 0.3) is 21.8 Å². The minimum Gasteiger partial charge on any atom is -0.497 e. The highest BCUT2D eigenvalue weighted by Crippen LogP contribution is 2.31. The van der Waals surface area contributed by atoms with Crippen molar-refractivity contribution in [3.8, 4) is 27.6 Å². The zero-order valence-electron chi connectivity index (χ0n) is 16.5. The van der Waals surface area contributed by atoms with Crippen molar-refractivity contribution in [1.82, 2.24) is 4.98 Å². The second kappa shape index (κ2) is 8.30. The monoisotopic (exact) mass is 436 g/mol. The van der Waals surface area contributed by atoms with Gasteiger partial charge in [-0.25, -0.2) is 13.4 Å². The second-order valence-electron chi connectivity index (χ2n) is 6.71. The first-order valence-corrected chi connectivity index (χ1v) is 11.6. The second-order valence-corrected chi connectivity index (χ2v) is 9.25. The van der Waals surface area contributed by atoms with Gasteiger partial charge in [-0.3, -0.25) is 4.72 Å². The summed E-state index contributed by atoms with van der Waals surface area (Å²) in [6.07, 6.45) is 0. The van der Waals surface area contributed by atoms with Gasteiger partial charge in [-0.2, -0.15) is 0 Å². The number of aryl methyl sites for hydroxylation is 1. The van der Waals surface area contributed by atoms with E-state index in [-0.39, 0.29) is 4.90 Å². The van der Waals surface area contributed by atoms with Gasteiger partial charge in [0.05, 0.1) is 17.7 Å². The van der Waals surface area contributed by atoms with Crippen LogP contribution in [0.5, 0.6) is 5.75 Å². The highest BCUT2D eigenvalue weighted by molar-refractivity contribution is 7.92. The van der Waals surface area contributed by atoms with Crippen LogP contribution < -0.4 is 9.46 Å². The Morgan fingerprint density at radius 3 is 2.30 bits per heavy atom. The largest absolute Gasteiger partial charge is 0.497 e. The summed E-state index contributed by atoms with van der Waals surface area (Å²) in [5.74, 6) is 0.603. The fourth-order valence-electron chi connectivity index (χ4n) is 3.02. The quantitative estimate of drug-likeness (QED) is 0.427. The van der Waals surface area contributed by atoms with Crippen LogP contribution in [-0.2, 0) is 10.0 Å². The number of thiazole rings is 1. The molecule has 0 saturated carbocycles. The minimum absolute atomic E-state index is 0.176. The van der Waals surface area contributed by atoms with Gasteiger partial charge in [0.1, 0.15) is 10.8 Å². The minimum atomic E-state index is -3.67. The van der Waals surface area contributed by atoms with Crippen LogP contribution in [0.2, 0.25) is 0 Å². The first-order valence-electron chi connectivity index (χ1n) is 9.25. The summed E-state index contributed by atoms with van der Waals surface area (Å²) in [4.78, 5) is 4.92. The van der Waals surface area contributed by atoms with Gasteiger partial charge >= 0.3 is 0 Å². The van der Waals surface area contributed by atoms with Crippen molar-refractivity contribution in [3.05, 3.63) is 83.7 Å². The van der Waals surface area contributed by atoms with E-state index in [2.05, 4.69) is 23.8 Å². The van der Waals surface area contributed by atoms with Gasteiger partial charge in [0.15, 0.2) is 0 Å². The number of methoxy groups -OCH3 is 1. The topological polar surface area (TPSA) is 68.3 Å². The van der Waals surface area contributed by atoms with E-state index in [1.54, 1.807) is 35.6 Å². The fourth-order valence-corrected chi connectivity index (χ4v) is 5.00. The standard InChI is InChI=1S/C23H20N2O3S2/c1-16-5-3-4-6-21(16)23-24-22(15-29-23)17-7-9-18(10-8-17)25-30(26,27)20-13-11-19(28-2)12-14-20/h3-15,25H,1-2H3. The SMILES string of the molecule is COc1ccc(S(=O)(=O)Nc2ccc(-c3csc(-c4ccccc4C)n3)cc2)cc1. The van der Waals surface area contributed by atoms with Crippen molar-refractivity contribution in [2.45, 2.75) is 11.8 Å². The molecule has 4 aromatic rings. The molecule has 30 heavy (non-hydrogen) atoms. The molecule has 1 N–H and O–H groups in total. The third-order valence-corrected chi connectivity index (χ3v) is 6.96. The Morgan fingerprint density at radius 1 is 0.933 bits per heavy atom. The normalized spacial score (nSPS) is 11.3. The molecule has 0 atom stereocenters. The molecule has 3 aromatic carbocycles. The van der Waals surface area contributed by atoms with Gasteiger partial charge in [-0.1, -0.05) is 36.4 Å². The molecule has 0 aliphatic carbocycles. The third-order valence-electron chi connectivity index (χ3n) is 4.68. The summed E-state index contributed by atoms with van der Waals surface area (Å²) >= 11 is 1.59. The Balaban J connectivity index is 1.52. The molecule has 0 bridgehead atoms. The smallest absolute Gasteiger partial charge is 0.261 e. The lowest BCUT2D eigenvalue weighted by Gasteiger charge is -2.09. The van der Waals surface area contributed by atoms with E-state index in [0.717, 1.165) is 21.8 Å². The van der Waals surface area contributed by atoms with Crippen molar-refractivity contribution in [1.29, 1.82) is 0 Å². The van der Waals surface area contributed by atoms with Gasteiger partial charge in [0.25, 0.3) is 10.0 Å². The lowest BCUT2D eigenvalue weighted by Crippen LogP contribution is -2.12. The molecule has 0 fully saturated rings. The van der Waals surface area contributed by atoms with Gasteiger partial charge in [-0.15, -0.1) is 11.3 Å². The number of sulfonamides is 1. The van der Waals surface area contributed by atoms with Crippen LogP contribution in [0.3, 0.4) is 0 Å². The highest BCUT2D eigenvalue weighted by atomic mass is 32.2. The Hall–Kier alpha value is -3.16. The molecule has 0 aliphatic rings. The average molecular weight is 437 g/mol. The lowest BCUT2D eigenvalue weighted by molar-refractivity contribution is 0.414. The van der Waals surface area contributed by atoms with E-state index in [9.17, 15) is 8.42 Å². The average Bonchev–Trinajstić information content (AvgIpc) is 3.24. The number of aromatic nitrogens is 1. The van der Waals surface area contributed by atoms with Crippen LogP contribution >= 0.6 is 11.3 Å². The van der Waals surface area contributed by atoms with E-state index in [1.165, 1.54) is 24.8 Å². The first kappa shape index (κ1) is 20.1. The summed E-state index contributed by atoms with van der Waals surface area (Å²) in [6.45, 7) is 2.07. The zero-order valence-corrected chi connectivity index (χ0v) is 18.1. The summed E-state index contributed by atoms with van der Waals surface area (Å²) in [5, 5.41) is 2.98. The first-order chi connectivity index (χ1) is 14.5. The van der Waals surface area contributed by atoms with Crippen molar-refractivity contribution < 1.29 is 13.2 Å². The molecule has 4 rings (SSSR count). The van der Waals surface area contributed by atoms with Gasteiger partial charge in [-0.05, 0) is 48.9 Å². The molecule has 0 spiro atoms. The molecule has 7 heteroatoms. The molecule has 152 valence electrons. The highest BCUT2D eigenvalue weighted by Gasteiger charge is 2.15. The van der Waals surface area contributed by atoms with Crippen molar-refractivity contribution in [3.63, 3.8) is 0 Å². The lowest BCUT2D eigenvalue weighted by atomic mass is 10.1. The molecule has 1 heterocycles.